The summed E-state index contributed by atoms with van der Waals surface area (Å²) in [5, 5.41) is 9.14. The molecule has 3 N–H and O–H groups in total. The smallest absolute Gasteiger partial charge is 0.0651 e. The molecule has 0 amide bonds. The molecule has 0 radical (unpaired) electrons. The van der Waals surface area contributed by atoms with E-state index < -0.39 is 0 Å². The molecule has 0 aliphatic carbocycles. The molecule has 0 aliphatic rings. The first kappa shape index (κ1) is 11.9. The van der Waals surface area contributed by atoms with Gasteiger partial charge in [0.05, 0.1) is 18.3 Å². The number of aliphatic hydroxyl groups excluding tert-OH is 1. The van der Waals surface area contributed by atoms with Crippen molar-refractivity contribution in [2.24, 2.45) is 5.73 Å². The molecule has 3 nitrogen and oxygen atoms in total. The topological polar surface area (TPSA) is 55.5 Å². The fourth-order valence-corrected chi connectivity index (χ4v) is 1.13. The second-order valence-corrected chi connectivity index (χ2v) is 4.10. The van der Waals surface area contributed by atoms with Crippen molar-refractivity contribution in [1.29, 1.82) is 0 Å². The van der Waals surface area contributed by atoms with Crippen molar-refractivity contribution in [3.05, 3.63) is 0 Å². The Balaban J connectivity index is 3.71. The van der Waals surface area contributed by atoms with E-state index in [0.717, 1.165) is 0 Å². The lowest BCUT2D eigenvalue weighted by atomic mass is 10.0. The third kappa shape index (κ3) is 6.58. The van der Waals surface area contributed by atoms with Crippen molar-refractivity contribution in [3.63, 3.8) is 0 Å². The van der Waals surface area contributed by atoms with Crippen LogP contribution >= 0.6 is 0 Å². The second-order valence-electron chi connectivity index (χ2n) is 4.10. The molecule has 0 rings (SSSR count). The maximum absolute atomic E-state index is 9.14. The zero-order chi connectivity index (χ0) is 9.78. The largest absolute Gasteiger partial charge is 0.393 e. The summed E-state index contributed by atoms with van der Waals surface area (Å²) in [7, 11) is 0. The van der Waals surface area contributed by atoms with Crippen LogP contribution in [0.15, 0.2) is 0 Å². The Kier molecular flexibility index (Phi) is 4.75. The van der Waals surface area contributed by atoms with E-state index in [9.17, 15) is 0 Å². The second kappa shape index (κ2) is 4.80. The van der Waals surface area contributed by atoms with Crippen LogP contribution in [0.5, 0.6) is 0 Å². The molecule has 0 heterocycles. The molecule has 2 atom stereocenters. The molecule has 0 spiro atoms. The molecule has 0 saturated carbocycles. The van der Waals surface area contributed by atoms with Gasteiger partial charge in [-0.15, -0.1) is 0 Å². The molecule has 0 fully saturated rings. The number of hydrogen-bond acceptors (Lipinski definition) is 3. The summed E-state index contributed by atoms with van der Waals surface area (Å²) < 4.78 is 5.52. The number of hydrogen-bond donors (Lipinski definition) is 2. The Hall–Kier alpha value is -0.120. The van der Waals surface area contributed by atoms with E-state index in [-0.39, 0.29) is 17.7 Å². The zero-order valence-electron chi connectivity index (χ0n) is 8.50. The van der Waals surface area contributed by atoms with Crippen molar-refractivity contribution >= 4 is 0 Å². The Morgan fingerprint density at radius 2 is 1.92 bits per heavy atom. The lowest BCUT2D eigenvalue weighted by molar-refractivity contribution is -0.0497. The molecular formula is C9H21NO2. The van der Waals surface area contributed by atoms with Crippen LogP contribution in [0.25, 0.3) is 0 Å². The average Bonchev–Trinajstić information content (AvgIpc) is 1.81. The molecular weight excluding hydrogens is 154 g/mol. The lowest BCUT2D eigenvalue weighted by Crippen LogP contribution is -2.34. The Labute approximate surface area is 74.9 Å². The fraction of sp³-hybridized carbons (Fsp3) is 1.00. The maximum atomic E-state index is 9.14. The zero-order valence-corrected chi connectivity index (χ0v) is 8.50. The first-order chi connectivity index (χ1) is 5.33. The Bertz CT molecular complexity index is 122. The van der Waals surface area contributed by atoms with Crippen LogP contribution in [-0.4, -0.2) is 29.5 Å². The van der Waals surface area contributed by atoms with E-state index >= 15 is 0 Å². The minimum absolute atomic E-state index is 0.0540. The van der Waals surface area contributed by atoms with E-state index in [1.807, 2.05) is 20.8 Å². The van der Waals surface area contributed by atoms with Crippen LogP contribution in [0.3, 0.4) is 0 Å². The van der Waals surface area contributed by atoms with E-state index in [1.54, 1.807) is 6.92 Å². The predicted octanol–water partition coefficient (Wildman–Crippen LogP) is 0.900. The number of aliphatic hydroxyl groups is 1. The van der Waals surface area contributed by atoms with Gasteiger partial charge in [-0.2, -0.15) is 0 Å². The summed E-state index contributed by atoms with van der Waals surface area (Å²) in [6.45, 7) is 8.12. The van der Waals surface area contributed by atoms with E-state index in [1.165, 1.54) is 0 Å². The van der Waals surface area contributed by atoms with Gasteiger partial charge in [-0.3, -0.25) is 0 Å². The summed E-state index contributed by atoms with van der Waals surface area (Å²) in [6, 6.07) is 0.0540. The van der Waals surface area contributed by atoms with Crippen molar-refractivity contribution in [3.8, 4) is 0 Å². The lowest BCUT2D eigenvalue weighted by Gasteiger charge is -2.27. The summed E-state index contributed by atoms with van der Waals surface area (Å²) in [6.07, 6.45) is 0.313. The third-order valence-corrected chi connectivity index (χ3v) is 1.52. The number of rotatable bonds is 5. The highest BCUT2D eigenvalue weighted by Crippen LogP contribution is 2.16. The van der Waals surface area contributed by atoms with Crippen LogP contribution in [-0.2, 0) is 4.74 Å². The highest BCUT2D eigenvalue weighted by Gasteiger charge is 2.20. The normalized spacial score (nSPS) is 17.5. The molecule has 12 heavy (non-hydrogen) atoms. The van der Waals surface area contributed by atoms with Gasteiger partial charge in [-0.05, 0) is 27.7 Å². The average molecular weight is 175 g/mol. The highest BCUT2D eigenvalue weighted by atomic mass is 16.5. The molecule has 0 aliphatic heterocycles. The molecule has 0 aromatic carbocycles. The van der Waals surface area contributed by atoms with Gasteiger partial charge < -0.3 is 15.6 Å². The molecule has 0 aromatic heterocycles. The first-order valence-electron chi connectivity index (χ1n) is 4.41. The van der Waals surface area contributed by atoms with E-state index in [2.05, 4.69) is 0 Å². The van der Waals surface area contributed by atoms with E-state index in [4.69, 9.17) is 15.6 Å². The van der Waals surface area contributed by atoms with Gasteiger partial charge in [0.25, 0.3) is 0 Å². The Morgan fingerprint density at radius 3 is 2.25 bits per heavy atom. The van der Waals surface area contributed by atoms with Crippen LogP contribution < -0.4 is 5.73 Å². The van der Waals surface area contributed by atoms with Crippen LogP contribution in [0.4, 0.5) is 0 Å². The summed E-state index contributed by atoms with van der Waals surface area (Å²) in [4.78, 5) is 0. The first-order valence-corrected chi connectivity index (χ1v) is 4.41. The SMILES string of the molecule is CC(N)COC(C)(C)CC(C)O. The van der Waals surface area contributed by atoms with Gasteiger partial charge in [0.1, 0.15) is 0 Å². The fourth-order valence-electron chi connectivity index (χ4n) is 1.13. The minimum Gasteiger partial charge on any atom is -0.393 e. The van der Waals surface area contributed by atoms with Gasteiger partial charge in [-0.25, -0.2) is 0 Å². The van der Waals surface area contributed by atoms with Gasteiger partial charge in [0.2, 0.25) is 0 Å². The van der Waals surface area contributed by atoms with Gasteiger partial charge >= 0.3 is 0 Å². The Morgan fingerprint density at radius 1 is 1.42 bits per heavy atom. The van der Waals surface area contributed by atoms with Gasteiger partial charge in [-0.1, -0.05) is 0 Å². The standard InChI is InChI=1S/C9H21NO2/c1-7(10)6-12-9(3,4)5-8(2)11/h7-8,11H,5-6,10H2,1-4H3. The summed E-state index contributed by atoms with van der Waals surface area (Å²) >= 11 is 0. The van der Waals surface area contributed by atoms with Gasteiger partial charge in [0.15, 0.2) is 0 Å². The minimum atomic E-state index is -0.326. The van der Waals surface area contributed by atoms with Gasteiger partial charge in [0, 0.05) is 12.5 Å². The molecule has 0 saturated heterocycles. The molecule has 0 bridgehead atoms. The third-order valence-electron chi connectivity index (χ3n) is 1.52. The molecule has 74 valence electrons. The van der Waals surface area contributed by atoms with Crippen molar-refractivity contribution in [2.75, 3.05) is 6.61 Å². The quantitative estimate of drug-likeness (QED) is 0.652. The maximum Gasteiger partial charge on any atom is 0.0651 e. The number of ether oxygens (including phenoxy) is 1. The van der Waals surface area contributed by atoms with Crippen molar-refractivity contribution in [1.82, 2.24) is 0 Å². The van der Waals surface area contributed by atoms with Crippen molar-refractivity contribution < 1.29 is 9.84 Å². The highest BCUT2D eigenvalue weighted by molar-refractivity contribution is 4.72. The van der Waals surface area contributed by atoms with Crippen LogP contribution in [0.1, 0.15) is 34.1 Å². The summed E-state index contributed by atoms with van der Waals surface area (Å²) in [5.41, 5.74) is 5.27. The summed E-state index contributed by atoms with van der Waals surface area (Å²) in [5.74, 6) is 0. The number of nitrogens with two attached hydrogens (primary N) is 1. The monoisotopic (exact) mass is 175 g/mol. The van der Waals surface area contributed by atoms with Crippen LogP contribution in [0.2, 0.25) is 0 Å². The predicted molar refractivity (Wildman–Crippen MR) is 50.0 cm³/mol. The van der Waals surface area contributed by atoms with E-state index in [0.29, 0.717) is 13.0 Å². The molecule has 0 aromatic rings. The van der Waals surface area contributed by atoms with Crippen LogP contribution in [0, 0.1) is 0 Å². The molecule has 2 unspecified atom stereocenters. The molecule has 3 heteroatoms. The van der Waals surface area contributed by atoms with Crippen molar-refractivity contribution in [2.45, 2.75) is 51.9 Å².